The average Bonchev–Trinajstić information content (AvgIpc) is 3.52. The number of hydrogen-bond acceptors (Lipinski definition) is 15. The van der Waals surface area contributed by atoms with Crippen LogP contribution in [0.2, 0.25) is 0 Å². The van der Waals surface area contributed by atoms with E-state index in [4.69, 9.17) is 14.2 Å². The van der Waals surface area contributed by atoms with Crippen LogP contribution in [-0.2, 0) is 32.4 Å². The van der Waals surface area contributed by atoms with Crippen LogP contribution in [-0.4, -0.2) is 86.8 Å². The van der Waals surface area contributed by atoms with Gasteiger partial charge in [0.25, 0.3) is 22.0 Å². The molecular weight excluding hydrogens is 640 g/mol. The summed E-state index contributed by atoms with van der Waals surface area (Å²) in [7, 11) is 0. The summed E-state index contributed by atoms with van der Waals surface area (Å²) in [6, 6.07) is 12.1. The number of benzene rings is 2. The van der Waals surface area contributed by atoms with E-state index in [0.29, 0.717) is 48.8 Å². The minimum Gasteiger partial charge on any atom is -0.470 e. The lowest BCUT2D eigenvalue weighted by molar-refractivity contribution is -0.763. The Morgan fingerprint density at radius 3 is 2.02 bits per heavy atom. The maximum absolute atomic E-state index is 13.8. The number of ether oxygens (including phenoxy) is 3. The minimum absolute atomic E-state index is 0.0700. The second kappa shape index (κ2) is 15.9. The van der Waals surface area contributed by atoms with Crippen molar-refractivity contribution >= 4 is 29.4 Å². The first-order chi connectivity index (χ1) is 22.4. The summed E-state index contributed by atoms with van der Waals surface area (Å²) in [6.45, 7) is 6.97. The quantitative estimate of drug-likeness (QED) is 0.129. The van der Waals surface area contributed by atoms with Crippen LogP contribution in [0.3, 0.4) is 0 Å². The molecule has 0 radical (unpaired) electrons. The molecule has 4 rings (SSSR count). The molecule has 1 unspecified atom stereocenters. The van der Waals surface area contributed by atoms with Crippen LogP contribution in [0, 0.1) is 20.2 Å². The van der Waals surface area contributed by atoms with Crippen LogP contribution >= 0.6 is 11.7 Å². The van der Waals surface area contributed by atoms with Gasteiger partial charge in [0.2, 0.25) is 5.82 Å². The highest BCUT2D eigenvalue weighted by Crippen LogP contribution is 2.27. The molecule has 1 atom stereocenters. The summed E-state index contributed by atoms with van der Waals surface area (Å²) in [4.78, 5) is 60.5. The topological polar surface area (TPSA) is 199 Å². The van der Waals surface area contributed by atoms with E-state index < -0.39 is 27.8 Å². The number of nitrogens with zero attached hydrogens (tertiary/aromatic N) is 6. The number of hydrogen-bond donors (Lipinski definition) is 0. The van der Waals surface area contributed by atoms with Crippen molar-refractivity contribution in [3.63, 3.8) is 0 Å². The number of carbonyl (C=O) groups excluding carboxylic acids is 2. The van der Waals surface area contributed by atoms with Crippen molar-refractivity contribution in [3.05, 3.63) is 91.0 Å². The number of morpholine rings is 1. The van der Waals surface area contributed by atoms with Crippen molar-refractivity contribution in [3.8, 4) is 5.88 Å². The van der Waals surface area contributed by atoms with Gasteiger partial charge in [0.05, 0.1) is 37.1 Å². The van der Waals surface area contributed by atoms with E-state index in [9.17, 15) is 29.8 Å². The zero-order valence-electron chi connectivity index (χ0n) is 25.9. The van der Waals surface area contributed by atoms with Gasteiger partial charge in [-0.05, 0) is 56.2 Å². The number of amides is 1. The van der Waals surface area contributed by atoms with Crippen LogP contribution in [0.1, 0.15) is 52.6 Å². The van der Waals surface area contributed by atoms with E-state index in [1.54, 1.807) is 12.1 Å². The van der Waals surface area contributed by atoms with Gasteiger partial charge in [-0.15, -0.1) is 24.6 Å². The number of rotatable bonds is 15. The first kappa shape index (κ1) is 34.8. The van der Waals surface area contributed by atoms with Gasteiger partial charge in [-0.25, -0.2) is 4.79 Å². The lowest BCUT2D eigenvalue weighted by Crippen LogP contribution is -2.51. The predicted octanol–water partition coefficient (Wildman–Crippen LogP) is 3.34. The Bertz CT molecular complexity index is 1520. The molecule has 0 saturated carbocycles. The normalized spacial score (nSPS) is 13.7. The monoisotopic (exact) mass is 674 g/mol. The second-order valence-electron chi connectivity index (χ2n) is 11.3. The minimum atomic E-state index is -0.977. The lowest BCUT2D eigenvalue weighted by atomic mass is 10.0. The smallest absolute Gasteiger partial charge is 0.338 e. The van der Waals surface area contributed by atoms with Gasteiger partial charge in [-0.3, -0.25) is 4.79 Å². The van der Waals surface area contributed by atoms with Crippen molar-refractivity contribution in [2.75, 3.05) is 44.4 Å². The third-order valence-electron chi connectivity index (χ3n) is 6.94. The molecular formula is C29H34N6O11S. The Hall–Kier alpha value is -5.10. The summed E-state index contributed by atoms with van der Waals surface area (Å²) in [6.07, 6.45) is -0.977. The molecule has 1 amide bonds. The molecule has 0 N–H and O–H groups in total. The molecule has 0 aliphatic carbocycles. The molecule has 18 heteroatoms. The second-order valence-corrected chi connectivity index (χ2v) is 11.8. The van der Waals surface area contributed by atoms with Crippen molar-refractivity contribution in [2.24, 2.45) is 0 Å². The Labute approximate surface area is 273 Å². The van der Waals surface area contributed by atoms with Gasteiger partial charge in [0.1, 0.15) is 19.8 Å². The molecule has 1 saturated heterocycles. The van der Waals surface area contributed by atoms with E-state index in [2.05, 4.69) is 18.4 Å². The van der Waals surface area contributed by atoms with Gasteiger partial charge in [-0.2, -0.15) is 4.37 Å². The Kier molecular flexibility index (Phi) is 11.8. The highest BCUT2D eigenvalue weighted by Gasteiger charge is 2.32. The molecule has 1 aromatic heterocycles. The molecule has 0 spiro atoms. The standard InChI is InChI=1S/C29H34N6O11S/c1-29(2,3)33(27(36)22-8-4-20(5-9-22)17-44-34(38)39)16-24(19-43-26-25(30-47-31-26)32-12-14-42-15-13-32)46-28(37)23-10-6-21(7-11-23)18-45-35(40)41/h4-11,24H,12-19H2,1-3H3. The van der Waals surface area contributed by atoms with Crippen molar-refractivity contribution in [1.82, 2.24) is 13.6 Å². The van der Waals surface area contributed by atoms with Crippen LogP contribution in [0.5, 0.6) is 5.88 Å². The Morgan fingerprint density at radius 1 is 0.936 bits per heavy atom. The average molecular weight is 675 g/mol. The fourth-order valence-electron chi connectivity index (χ4n) is 4.51. The van der Waals surface area contributed by atoms with E-state index in [-0.39, 0.29) is 43.7 Å². The molecule has 3 aromatic rings. The van der Waals surface area contributed by atoms with E-state index >= 15 is 0 Å². The van der Waals surface area contributed by atoms with Crippen LogP contribution < -0.4 is 9.64 Å². The summed E-state index contributed by atoms with van der Waals surface area (Å²) < 4.78 is 26.0. The molecule has 1 aliphatic rings. The molecule has 0 bridgehead atoms. The van der Waals surface area contributed by atoms with Gasteiger partial charge in [0, 0.05) is 24.2 Å². The summed E-state index contributed by atoms with van der Waals surface area (Å²) in [5.74, 6) is -0.281. The van der Waals surface area contributed by atoms with Gasteiger partial charge in [-0.1, -0.05) is 24.3 Å². The number of esters is 1. The fourth-order valence-corrected chi connectivity index (χ4v) is 5.03. The summed E-state index contributed by atoms with van der Waals surface area (Å²) >= 11 is 0.977. The van der Waals surface area contributed by atoms with Gasteiger partial charge in [0.15, 0.2) is 6.10 Å². The third-order valence-corrected chi connectivity index (χ3v) is 7.44. The fraction of sp³-hybridized carbons (Fsp3) is 0.448. The number of aromatic nitrogens is 2. The van der Waals surface area contributed by atoms with Crippen molar-refractivity contribution < 1.29 is 43.6 Å². The molecule has 252 valence electrons. The lowest BCUT2D eigenvalue weighted by Gasteiger charge is -2.38. The molecule has 47 heavy (non-hydrogen) atoms. The molecule has 17 nitrogen and oxygen atoms in total. The SMILES string of the molecule is CC(C)(C)N(CC(COc1nsnc1N1CCOCC1)OC(=O)c1ccc(CO[N+](=O)[O-])cc1)C(=O)c1ccc(CO[N+](=O)[O-])cc1. The van der Waals surface area contributed by atoms with E-state index in [1.807, 2.05) is 25.7 Å². The Balaban J connectivity index is 1.54. The van der Waals surface area contributed by atoms with Crippen molar-refractivity contribution in [2.45, 2.75) is 45.6 Å². The van der Waals surface area contributed by atoms with Crippen LogP contribution in [0.25, 0.3) is 0 Å². The van der Waals surface area contributed by atoms with E-state index in [0.717, 1.165) is 11.7 Å². The molecule has 2 aromatic carbocycles. The number of anilines is 1. The maximum atomic E-state index is 13.8. The molecule has 2 heterocycles. The first-order valence-electron chi connectivity index (χ1n) is 14.4. The van der Waals surface area contributed by atoms with Crippen LogP contribution in [0.4, 0.5) is 5.82 Å². The van der Waals surface area contributed by atoms with Gasteiger partial charge >= 0.3 is 5.97 Å². The van der Waals surface area contributed by atoms with Crippen LogP contribution in [0.15, 0.2) is 48.5 Å². The highest BCUT2D eigenvalue weighted by molar-refractivity contribution is 6.99. The largest absolute Gasteiger partial charge is 0.470 e. The first-order valence-corrected chi connectivity index (χ1v) is 15.2. The highest BCUT2D eigenvalue weighted by atomic mass is 32.1. The summed E-state index contributed by atoms with van der Waals surface area (Å²) in [5.41, 5.74) is 0.719. The summed E-state index contributed by atoms with van der Waals surface area (Å²) in [5, 5.41) is 19.3. The van der Waals surface area contributed by atoms with Gasteiger partial charge < -0.3 is 33.7 Å². The third kappa shape index (κ3) is 10.2. The molecule has 1 aliphatic heterocycles. The van der Waals surface area contributed by atoms with Crippen molar-refractivity contribution in [1.29, 1.82) is 0 Å². The zero-order chi connectivity index (χ0) is 34.0. The molecule has 1 fully saturated rings. The zero-order valence-corrected chi connectivity index (χ0v) is 26.8. The number of carbonyl (C=O) groups is 2. The maximum Gasteiger partial charge on any atom is 0.338 e. The Morgan fingerprint density at radius 2 is 1.49 bits per heavy atom. The van der Waals surface area contributed by atoms with E-state index in [1.165, 1.54) is 41.3 Å². The predicted molar refractivity (Wildman–Crippen MR) is 165 cm³/mol.